The first-order chi connectivity index (χ1) is 10.1. The normalized spacial score (nSPS) is 18.0. The third kappa shape index (κ3) is 4.09. The highest BCUT2D eigenvalue weighted by atomic mass is 16.2. The van der Waals surface area contributed by atoms with Crippen molar-refractivity contribution in [2.75, 3.05) is 19.7 Å². The molecule has 1 heterocycles. The Morgan fingerprint density at radius 2 is 2.29 bits per heavy atom. The quantitative estimate of drug-likeness (QED) is 0.849. The van der Waals surface area contributed by atoms with Crippen LogP contribution < -0.4 is 0 Å². The Kier molecular flexibility index (Phi) is 5.41. The summed E-state index contributed by atoms with van der Waals surface area (Å²) < 4.78 is 0. The molecule has 2 rings (SSSR count). The Morgan fingerprint density at radius 3 is 2.95 bits per heavy atom. The van der Waals surface area contributed by atoms with E-state index in [2.05, 4.69) is 18.8 Å². The molecule has 0 saturated carbocycles. The van der Waals surface area contributed by atoms with Crippen LogP contribution >= 0.6 is 0 Å². The molecule has 0 aliphatic carbocycles. The van der Waals surface area contributed by atoms with Crippen LogP contribution in [0, 0.1) is 24.7 Å². The summed E-state index contributed by atoms with van der Waals surface area (Å²) in [6.45, 7) is 5.97. The monoisotopic (exact) mass is 285 g/mol. The zero-order chi connectivity index (χ0) is 15.2. The van der Waals surface area contributed by atoms with Crippen molar-refractivity contribution in [2.24, 2.45) is 5.92 Å². The Balaban J connectivity index is 2.12. The molecule has 1 atom stereocenters. The van der Waals surface area contributed by atoms with E-state index >= 15 is 0 Å². The Hall–Kier alpha value is -1.79. The van der Waals surface area contributed by atoms with Gasteiger partial charge in [-0.1, -0.05) is 18.8 Å². The predicted molar refractivity (Wildman–Crippen MR) is 84.1 cm³/mol. The van der Waals surface area contributed by atoms with Gasteiger partial charge in [0.2, 0.25) is 0 Å². The molecule has 1 N–H and O–H groups in total. The van der Waals surface area contributed by atoms with Gasteiger partial charge in [-0.05, 0) is 49.4 Å². The van der Waals surface area contributed by atoms with E-state index in [-0.39, 0.29) is 12.5 Å². The molecule has 1 aliphatic heterocycles. The Labute approximate surface area is 127 Å². The second kappa shape index (κ2) is 7.28. The van der Waals surface area contributed by atoms with Gasteiger partial charge in [0, 0.05) is 30.6 Å². The number of aliphatic hydroxyl groups is 1. The van der Waals surface area contributed by atoms with Gasteiger partial charge in [-0.25, -0.2) is 0 Å². The summed E-state index contributed by atoms with van der Waals surface area (Å²) >= 11 is 0. The van der Waals surface area contributed by atoms with Gasteiger partial charge in [-0.3, -0.25) is 4.79 Å². The van der Waals surface area contributed by atoms with Crippen molar-refractivity contribution in [3.05, 3.63) is 34.9 Å². The minimum absolute atomic E-state index is 0.0791. The molecule has 1 unspecified atom stereocenters. The van der Waals surface area contributed by atoms with Gasteiger partial charge < -0.3 is 10.0 Å². The second-order valence-electron chi connectivity index (χ2n) is 5.80. The van der Waals surface area contributed by atoms with Crippen molar-refractivity contribution in [1.82, 2.24) is 4.90 Å². The lowest BCUT2D eigenvalue weighted by atomic mass is 9.98. The van der Waals surface area contributed by atoms with E-state index in [9.17, 15) is 4.79 Å². The average Bonchev–Trinajstić information content (AvgIpc) is 2.48. The van der Waals surface area contributed by atoms with Crippen LogP contribution in [-0.2, 0) is 0 Å². The summed E-state index contributed by atoms with van der Waals surface area (Å²) in [5.41, 5.74) is 2.68. The van der Waals surface area contributed by atoms with Crippen molar-refractivity contribution >= 4 is 5.91 Å². The maximum absolute atomic E-state index is 12.5. The van der Waals surface area contributed by atoms with E-state index in [1.165, 1.54) is 6.42 Å². The molecule has 21 heavy (non-hydrogen) atoms. The minimum atomic E-state index is 0.0791. The number of nitrogens with zero attached hydrogens (tertiary/aromatic N) is 1. The summed E-state index contributed by atoms with van der Waals surface area (Å²) in [4.78, 5) is 14.5. The molecule has 1 aromatic rings. The third-order valence-electron chi connectivity index (χ3n) is 3.88. The number of aryl methyl sites for hydroxylation is 1. The number of carbonyl (C=O) groups is 1. The molecule has 0 radical (unpaired) electrons. The molecule has 1 aromatic carbocycles. The van der Waals surface area contributed by atoms with Gasteiger partial charge in [0.1, 0.15) is 0 Å². The number of amides is 1. The molecule has 1 saturated heterocycles. The first kappa shape index (κ1) is 15.6. The van der Waals surface area contributed by atoms with E-state index in [0.29, 0.717) is 12.3 Å². The summed E-state index contributed by atoms with van der Waals surface area (Å²) in [5, 5.41) is 8.74. The number of aliphatic hydroxyl groups excluding tert-OH is 1. The molecular weight excluding hydrogens is 262 g/mol. The lowest BCUT2D eigenvalue weighted by Gasteiger charge is -2.31. The van der Waals surface area contributed by atoms with Crippen molar-refractivity contribution < 1.29 is 9.90 Å². The molecule has 1 aliphatic rings. The topological polar surface area (TPSA) is 40.5 Å². The summed E-state index contributed by atoms with van der Waals surface area (Å²) in [6.07, 6.45) is 2.78. The van der Waals surface area contributed by atoms with Crippen LogP contribution in [0.2, 0.25) is 0 Å². The van der Waals surface area contributed by atoms with E-state index in [1.54, 1.807) is 0 Å². The number of carbonyl (C=O) groups excluding carboxylic acids is 1. The van der Waals surface area contributed by atoms with Gasteiger partial charge in [-0.2, -0.15) is 0 Å². The molecule has 1 fully saturated rings. The Morgan fingerprint density at radius 1 is 1.48 bits per heavy atom. The predicted octanol–water partition coefficient (Wildman–Crippen LogP) is 2.60. The van der Waals surface area contributed by atoms with Crippen molar-refractivity contribution in [3.8, 4) is 11.8 Å². The fourth-order valence-electron chi connectivity index (χ4n) is 2.71. The largest absolute Gasteiger partial charge is 0.395 e. The van der Waals surface area contributed by atoms with Crippen LogP contribution in [0.15, 0.2) is 18.2 Å². The Bertz CT molecular complexity index is 568. The fraction of sp³-hybridized carbons (Fsp3) is 0.500. The standard InChI is InChI=1S/C18H23NO2/c1-14-6-5-10-19(13-14)18(21)17-9-8-16(15(2)12-17)7-3-4-11-20/h8-9,12,14,20H,4-6,10-11,13H2,1-2H3. The molecule has 112 valence electrons. The van der Waals surface area contributed by atoms with Crippen molar-refractivity contribution in [2.45, 2.75) is 33.1 Å². The van der Waals surface area contributed by atoms with Crippen LogP contribution in [0.1, 0.15) is 47.7 Å². The third-order valence-corrected chi connectivity index (χ3v) is 3.88. The number of piperidine rings is 1. The lowest BCUT2D eigenvalue weighted by molar-refractivity contribution is 0.0683. The smallest absolute Gasteiger partial charge is 0.253 e. The maximum atomic E-state index is 12.5. The van der Waals surface area contributed by atoms with E-state index in [4.69, 9.17) is 5.11 Å². The average molecular weight is 285 g/mol. The molecule has 0 spiro atoms. The van der Waals surface area contributed by atoms with Gasteiger partial charge in [0.15, 0.2) is 0 Å². The maximum Gasteiger partial charge on any atom is 0.253 e. The summed E-state index contributed by atoms with van der Waals surface area (Å²) in [6, 6.07) is 5.68. The van der Waals surface area contributed by atoms with Crippen molar-refractivity contribution in [3.63, 3.8) is 0 Å². The number of hydrogen-bond acceptors (Lipinski definition) is 2. The summed E-state index contributed by atoms with van der Waals surface area (Å²) in [7, 11) is 0. The molecule has 3 nitrogen and oxygen atoms in total. The minimum Gasteiger partial charge on any atom is -0.395 e. The fourth-order valence-corrected chi connectivity index (χ4v) is 2.71. The van der Waals surface area contributed by atoms with Crippen LogP contribution in [0.5, 0.6) is 0 Å². The van der Waals surface area contributed by atoms with E-state index < -0.39 is 0 Å². The summed E-state index contributed by atoms with van der Waals surface area (Å²) in [5.74, 6) is 6.66. The zero-order valence-electron chi connectivity index (χ0n) is 12.9. The molecule has 0 aromatic heterocycles. The second-order valence-corrected chi connectivity index (χ2v) is 5.80. The van der Waals surface area contributed by atoms with Crippen LogP contribution in [0.4, 0.5) is 0 Å². The number of likely N-dealkylation sites (tertiary alicyclic amines) is 1. The van der Waals surface area contributed by atoms with E-state index in [1.807, 2.05) is 30.0 Å². The van der Waals surface area contributed by atoms with Gasteiger partial charge in [-0.15, -0.1) is 0 Å². The van der Waals surface area contributed by atoms with Gasteiger partial charge in [0.05, 0.1) is 6.61 Å². The number of hydrogen-bond donors (Lipinski definition) is 1. The zero-order valence-corrected chi connectivity index (χ0v) is 12.9. The first-order valence-corrected chi connectivity index (χ1v) is 7.61. The van der Waals surface area contributed by atoms with Crippen LogP contribution in [-0.4, -0.2) is 35.6 Å². The molecule has 1 amide bonds. The lowest BCUT2D eigenvalue weighted by Crippen LogP contribution is -2.39. The molecular formula is C18H23NO2. The molecule has 0 bridgehead atoms. The van der Waals surface area contributed by atoms with Gasteiger partial charge in [0.25, 0.3) is 5.91 Å². The van der Waals surface area contributed by atoms with Gasteiger partial charge >= 0.3 is 0 Å². The first-order valence-electron chi connectivity index (χ1n) is 7.61. The number of benzene rings is 1. The van der Waals surface area contributed by atoms with Crippen LogP contribution in [0.3, 0.4) is 0 Å². The highest BCUT2D eigenvalue weighted by Gasteiger charge is 2.22. The van der Waals surface area contributed by atoms with Crippen LogP contribution in [0.25, 0.3) is 0 Å². The molecule has 3 heteroatoms. The van der Waals surface area contributed by atoms with Crippen molar-refractivity contribution in [1.29, 1.82) is 0 Å². The van der Waals surface area contributed by atoms with E-state index in [0.717, 1.165) is 36.2 Å². The number of rotatable bonds is 2. The highest BCUT2D eigenvalue weighted by molar-refractivity contribution is 5.94. The highest BCUT2D eigenvalue weighted by Crippen LogP contribution is 2.19. The SMILES string of the molecule is Cc1cc(C(=O)N2CCCC(C)C2)ccc1C#CCCO.